The fourth-order valence-electron chi connectivity index (χ4n) is 6.27. The van der Waals surface area contributed by atoms with Gasteiger partial charge in [-0.25, -0.2) is 0 Å². The Morgan fingerprint density at radius 1 is 0.895 bits per heavy atom. The lowest BCUT2D eigenvalue weighted by Crippen LogP contribution is -2.53. The van der Waals surface area contributed by atoms with E-state index in [1.54, 1.807) is 32.1 Å². The molecule has 2 nitrogen and oxygen atoms in total. The van der Waals surface area contributed by atoms with Gasteiger partial charge in [0.1, 0.15) is 0 Å². The van der Waals surface area contributed by atoms with Crippen LogP contribution in [0.4, 0.5) is 0 Å². The molecule has 1 N–H and O–H groups in total. The van der Waals surface area contributed by atoms with E-state index in [1.807, 2.05) is 0 Å². The maximum absolute atomic E-state index is 3.56. The molecule has 0 spiro atoms. The monoisotopic (exact) mass is 262 g/mol. The van der Waals surface area contributed by atoms with Crippen LogP contribution < -0.4 is 5.32 Å². The Balaban J connectivity index is 1.48. The van der Waals surface area contributed by atoms with Crippen molar-refractivity contribution in [3.05, 3.63) is 0 Å². The molecule has 4 saturated carbocycles. The average molecular weight is 262 g/mol. The SMILES string of the molecule is CC(C1C2CC3CC(C2)CC1C3)N1CCCNCC1. The summed E-state index contributed by atoms with van der Waals surface area (Å²) in [7, 11) is 0. The largest absolute Gasteiger partial charge is 0.315 e. The van der Waals surface area contributed by atoms with E-state index < -0.39 is 0 Å². The molecule has 1 saturated heterocycles. The van der Waals surface area contributed by atoms with Crippen LogP contribution in [0.5, 0.6) is 0 Å². The van der Waals surface area contributed by atoms with E-state index in [9.17, 15) is 0 Å². The van der Waals surface area contributed by atoms with Gasteiger partial charge in [-0.2, -0.15) is 0 Å². The highest BCUT2D eigenvalue weighted by molar-refractivity contribution is 5.01. The number of hydrogen-bond acceptors (Lipinski definition) is 2. The molecule has 19 heavy (non-hydrogen) atoms. The van der Waals surface area contributed by atoms with Crippen LogP contribution in [0.25, 0.3) is 0 Å². The van der Waals surface area contributed by atoms with E-state index in [2.05, 4.69) is 17.1 Å². The zero-order valence-electron chi connectivity index (χ0n) is 12.5. The molecule has 1 atom stereocenters. The molecular formula is C17H30N2. The average Bonchev–Trinajstić information content (AvgIpc) is 2.66. The molecule has 0 aromatic rings. The van der Waals surface area contributed by atoms with E-state index in [-0.39, 0.29) is 0 Å². The van der Waals surface area contributed by atoms with Gasteiger partial charge in [0.15, 0.2) is 0 Å². The van der Waals surface area contributed by atoms with Crippen molar-refractivity contribution in [1.29, 1.82) is 0 Å². The Morgan fingerprint density at radius 2 is 1.58 bits per heavy atom. The summed E-state index contributed by atoms with van der Waals surface area (Å²) in [6.45, 7) is 7.60. The Hall–Kier alpha value is -0.0800. The molecule has 1 unspecified atom stereocenters. The molecule has 0 aromatic carbocycles. The maximum Gasteiger partial charge on any atom is 0.0110 e. The van der Waals surface area contributed by atoms with Crippen LogP contribution in [0, 0.1) is 29.6 Å². The molecule has 4 aliphatic carbocycles. The van der Waals surface area contributed by atoms with Crippen LogP contribution in [0.3, 0.4) is 0 Å². The van der Waals surface area contributed by atoms with E-state index in [4.69, 9.17) is 0 Å². The molecule has 0 aromatic heterocycles. The highest BCUT2D eigenvalue weighted by Crippen LogP contribution is 2.57. The summed E-state index contributed by atoms with van der Waals surface area (Å²) in [5, 5.41) is 3.56. The third kappa shape index (κ3) is 2.25. The number of nitrogens with zero attached hydrogens (tertiary/aromatic N) is 1. The predicted molar refractivity (Wildman–Crippen MR) is 79.1 cm³/mol. The van der Waals surface area contributed by atoms with E-state index in [0.717, 1.165) is 35.6 Å². The van der Waals surface area contributed by atoms with Crippen LogP contribution in [-0.2, 0) is 0 Å². The summed E-state index contributed by atoms with van der Waals surface area (Å²) in [5.74, 6) is 5.45. The van der Waals surface area contributed by atoms with Gasteiger partial charge in [-0.1, -0.05) is 0 Å². The van der Waals surface area contributed by atoms with Gasteiger partial charge in [-0.3, -0.25) is 4.90 Å². The quantitative estimate of drug-likeness (QED) is 0.823. The molecule has 4 bridgehead atoms. The van der Waals surface area contributed by atoms with Crippen molar-refractivity contribution in [2.24, 2.45) is 29.6 Å². The summed E-state index contributed by atoms with van der Waals surface area (Å²) in [6.07, 6.45) is 9.24. The first-order valence-electron chi connectivity index (χ1n) is 8.76. The van der Waals surface area contributed by atoms with Gasteiger partial charge in [0.25, 0.3) is 0 Å². The lowest BCUT2D eigenvalue weighted by molar-refractivity contribution is -0.0695. The van der Waals surface area contributed by atoms with Gasteiger partial charge in [0.05, 0.1) is 0 Å². The molecule has 0 radical (unpaired) electrons. The normalized spacial score (nSPS) is 48.2. The maximum atomic E-state index is 3.56. The van der Waals surface area contributed by atoms with Gasteiger partial charge in [-0.05, 0) is 88.1 Å². The highest BCUT2D eigenvalue weighted by Gasteiger charge is 2.50. The predicted octanol–water partition coefficient (Wildman–Crippen LogP) is 2.74. The Kier molecular flexibility index (Phi) is 3.35. The topological polar surface area (TPSA) is 15.3 Å². The van der Waals surface area contributed by atoms with Gasteiger partial charge in [0, 0.05) is 19.1 Å². The lowest BCUT2D eigenvalue weighted by Gasteiger charge is -2.57. The molecule has 5 fully saturated rings. The van der Waals surface area contributed by atoms with Crippen molar-refractivity contribution >= 4 is 0 Å². The molecule has 5 aliphatic rings. The Bertz CT molecular complexity index is 291. The summed E-state index contributed by atoms with van der Waals surface area (Å²) in [6, 6.07) is 0.842. The van der Waals surface area contributed by atoms with Crippen molar-refractivity contribution in [1.82, 2.24) is 10.2 Å². The third-order valence-electron chi connectivity index (χ3n) is 6.81. The lowest BCUT2D eigenvalue weighted by atomic mass is 9.50. The Morgan fingerprint density at radius 3 is 2.26 bits per heavy atom. The molecular weight excluding hydrogens is 232 g/mol. The van der Waals surface area contributed by atoms with Gasteiger partial charge in [0.2, 0.25) is 0 Å². The van der Waals surface area contributed by atoms with Crippen LogP contribution in [-0.4, -0.2) is 37.1 Å². The van der Waals surface area contributed by atoms with Crippen LogP contribution in [0.15, 0.2) is 0 Å². The minimum Gasteiger partial charge on any atom is -0.315 e. The van der Waals surface area contributed by atoms with E-state index in [1.165, 1.54) is 32.6 Å². The third-order valence-corrected chi connectivity index (χ3v) is 6.81. The summed E-state index contributed by atoms with van der Waals surface area (Å²) in [4.78, 5) is 2.81. The molecule has 108 valence electrons. The first-order chi connectivity index (χ1) is 9.31. The van der Waals surface area contributed by atoms with E-state index >= 15 is 0 Å². The molecule has 1 aliphatic heterocycles. The highest BCUT2D eigenvalue weighted by atomic mass is 15.2. The van der Waals surface area contributed by atoms with Crippen LogP contribution >= 0.6 is 0 Å². The van der Waals surface area contributed by atoms with Crippen molar-refractivity contribution in [2.75, 3.05) is 26.2 Å². The second-order valence-corrected chi connectivity index (χ2v) is 7.89. The van der Waals surface area contributed by atoms with Crippen molar-refractivity contribution in [3.63, 3.8) is 0 Å². The minimum atomic E-state index is 0.842. The van der Waals surface area contributed by atoms with E-state index in [0.29, 0.717) is 0 Å². The summed E-state index contributed by atoms with van der Waals surface area (Å²) >= 11 is 0. The fourth-order valence-corrected chi connectivity index (χ4v) is 6.27. The van der Waals surface area contributed by atoms with Gasteiger partial charge in [-0.15, -0.1) is 0 Å². The second-order valence-electron chi connectivity index (χ2n) is 7.89. The number of nitrogens with one attached hydrogen (secondary N) is 1. The zero-order valence-corrected chi connectivity index (χ0v) is 12.5. The Labute approximate surface area is 118 Å². The van der Waals surface area contributed by atoms with Crippen molar-refractivity contribution < 1.29 is 0 Å². The van der Waals surface area contributed by atoms with Gasteiger partial charge >= 0.3 is 0 Å². The minimum absolute atomic E-state index is 0.842. The van der Waals surface area contributed by atoms with Crippen LogP contribution in [0.2, 0.25) is 0 Å². The fraction of sp³-hybridized carbons (Fsp3) is 1.00. The molecule has 0 amide bonds. The summed E-state index contributed by atoms with van der Waals surface area (Å²) in [5.41, 5.74) is 0. The zero-order chi connectivity index (χ0) is 12.8. The first-order valence-corrected chi connectivity index (χ1v) is 8.76. The number of rotatable bonds is 2. The second kappa shape index (κ2) is 5.04. The molecule has 1 heterocycles. The smallest absolute Gasteiger partial charge is 0.0110 e. The molecule has 2 heteroatoms. The van der Waals surface area contributed by atoms with Crippen LogP contribution in [0.1, 0.15) is 45.4 Å². The first kappa shape index (κ1) is 12.6. The standard InChI is InChI=1S/C17H30N2/c1-12(19-5-2-3-18-4-6-19)17-15-8-13-7-14(10-15)11-16(17)9-13/h12-18H,2-11H2,1H3. The van der Waals surface area contributed by atoms with Gasteiger partial charge < -0.3 is 5.32 Å². The number of hydrogen-bond donors (Lipinski definition) is 1. The van der Waals surface area contributed by atoms with Crippen molar-refractivity contribution in [2.45, 2.75) is 51.5 Å². The van der Waals surface area contributed by atoms with Crippen molar-refractivity contribution in [3.8, 4) is 0 Å². The molecule has 5 rings (SSSR count). The summed E-state index contributed by atoms with van der Waals surface area (Å²) < 4.78 is 0.